The van der Waals surface area contributed by atoms with E-state index in [1.807, 2.05) is 45.0 Å². The highest BCUT2D eigenvalue weighted by Crippen LogP contribution is 2.25. The van der Waals surface area contributed by atoms with Crippen molar-refractivity contribution in [3.05, 3.63) is 41.5 Å². The predicted molar refractivity (Wildman–Crippen MR) is 138 cm³/mol. The van der Waals surface area contributed by atoms with Crippen molar-refractivity contribution >= 4 is 18.0 Å². The van der Waals surface area contributed by atoms with E-state index in [1.54, 1.807) is 13.0 Å². The van der Waals surface area contributed by atoms with Gasteiger partial charge in [-0.2, -0.15) is 0 Å². The molecule has 35 heavy (non-hydrogen) atoms. The second-order valence-electron chi connectivity index (χ2n) is 10.5. The quantitative estimate of drug-likeness (QED) is 0.163. The maximum Gasteiger partial charge on any atom is 0.326 e. The van der Waals surface area contributed by atoms with E-state index in [1.165, 1.54) is 6.08 Å². The van der Waals surface area contributed by atoms with Crippen LogP contribution in [-0.4, -0.2) is 36.4 Å². The molecule has 2 atom stereocenters. The maximum atomic E-state index is 13.0. The Morgan fingerprint density at radius 3 is 2.31 bits per heavy atom. The molecule has 0 heterocycles. The van der Waals surface area contributed by atoms with E-state index < -0.39 is 11.8 Å². The summed E-state index contributed by atoms with van der Waals surface area (Å²) >= 11 is 0. The first-order valence-corrected chi connectivity index (χ1v) is 12.9. The molecule has 1 saturated carbocycles. The minimum atomic E-state index is -0.733. The molecule has 2 rings (SSSR count). The number of amides is 1. The van der Waals surface area contributed by atoms with Crippen LogP contribution >= 0.6 is 0 Å². The molecule has 1 aromatic carbocycles. The SMILES string of the molecule is CC(C)COC(C)ONC(=O)/C=C/c1ccc(CN[C@](C)(CC(C)C)C(=O)OC2CCCC2)cc1. The third kappa shape index (κ3) is 10.9. The second kappa shape index (κ2) is 14.4. The summed E-state index contributed by atoms with van der Waals surface area (Å²) in [6, 6.07) is 7.85. The monoisotopic (exact) mass is 488 g/mol. The van der Waals surface area contributed by atoms with Gasteiger partial charge in [0, 0.05) is 12.6 Å². The lowest BCUT2D eigenvalue weighted by molar-refractivity contribution is -0.180. The summed E-state index contributed by atoms with van der Waals surface area (Å²) in [5.41, 5.74) is 3.58. The van der Waals surface area contributed by atoms with Crippen molar-refractivity contribution in [2.24, 2.45) is 11.8 Å². The van der Waals surface area contributed by atoms with Crippen molar-refractivity contribution in [2.75, 3.05) is 6.61 Å². The normalized spacial score (nSPS) is 17.1. The fraction of sp³-hybridized carbons (Fsp3) is 0.643. The van der Waals surface area contributed by atoms with E-state index in [-0.39, 0.29) is 18.0 Å². The van der Waals surface area contributed by atoms with Crippen LogP contribution in [0.1, 0.15) is 84.8 Å². The van der Waals surface area contributed by atoms with E-state index in [2.05, 4.69) is 24.6 Å². The fourth-order valence-electron chi connectivity index (χ4n) is 4.08. The van der Waals surface area contributed by atoms with Crippen LogP contribution in [0.2, 0.25) is 0 Å². The second-order valence-corrected chi connectivity index (χ2v) is 10.5. The van der Waals surface area contributed by atoms with Crippen molar-refractivity contribution < 1.29 is 23.9 Å². The van der Waals surface area contributed by atoms with Gasteiger partial charge in [0.25, 0.3) is 5.91 Å². The van der Waals surface area contributed by atoms with E-state index in [0.717, 1.165) is 36.8 Å². The fourth-order valence-corrected chi connectivity index (χ4v) is 4.08. The molecule has 0 aromatic heterocycles. The van der Waals surface area contributed by atoms with Crippen molar-refractivity contribution in [3.8, 4) is 0 Å². The van der Waals surface area contributed by atoms with Crippen LogP contribution in [0.15, 0.2) is 30.3 Å². The standard InChI is InChI=1S/C28H44N2O5/c1-20(2)17-28(6,27(32)34-25-9-7-8-10-25)29-18-24-13-11-23(12-14-24)15-16-26(31)30-35-22(5)33-19-21(3)4/h11-16,20-22,25,29H,7-10,17-19H2,1-6H3,(H,30,31)/b16-15+/t22?,28-/m1/s1. The zero-order valence-electron chi connectivity index (χ0n) is 22.3. The molecule has 1 aromatic rings. The Morgan fingerprint density at radius 2 is 1.71 bits per heavy atom. The minimum absolute atomic E-state index is 0.0558. The van der Waals surface area contributed by atoms with Gasteiger partial charge in [0.2, 0.25) is 0 Å². The van der Waals surface area contributed by atoms with E-state index >= 15 is 0 Å². The highest BCUT2D eigenvalue weighted by Gasteiger charge is 2.37. The van der Waals surface area contributed by atoms with Crippen molar-refractivity contribution in [3.63, 3.8) is 0 Å². The van der Waals surface area contributed by atoms with E-state index in [9.17, 15) is 9.59 Å². The lowest BCUT2D eigenvalue weighted by Gasteiger charge is -2.31. The van der Waals surface area contributed by atoms with Crippen LogP contribution in [-0.2, 0) is 30.4 Å². The zero-order valence-corrected chi connectivity index (χ0v) is 22.3. The van der Waals surface area contributed by atoms with Gasteiger partial charge >= 0.3 is 5.97 Å². The van der Waals surface area contributed by atoms with Gasteiger partial charge in [-0.05, 0) is 75.0 Å². The Morgan fingerprint density at radius 1 is 1.06 bits per heavy atom. The number of carbonyl (C=O) groups is 2. The van der Waals surface area contributed by atoms with Gasteiger partial charge in [0.15, 0.2) is 6.29 Å². The number of hydrogen-bond acceptors (Lipinski definition) is 6. The van der Waals surface area contributed by atoms with Crippen molar-refractivity contribution in [1.82, 2.24) is 10.8 Å². The molecule has 2 N–H and O–H groups in total. The predicted octanol–water partition coefficient (Wildman–Crippen LogP) is 5.15. The smallest absolute Gasteiger partial charge is 0.326 e. The van der Waals surface area contributed by atoms with Crippen LogP contribution in [0.3, 0.4) is 0 Å². The van der Waals surface area contributed by atoms with Gasteiger partial charge in [0.1, 0.15) is 11.6 Å². The largest absolute Gasteiger partial charge is 0.461 e. The van der Waals surface area contributed by atoms with Gasteiger partial charge in [-0.25, -0.2) is 10.3 Å². The Bertz CT molecular complexity index is 815. The molecule has 0 radical (unpaired) electrons. The first-order valence-electron chi connectivity index (χ1n) is 12.9. The Hall–Kier alpha value is -2.22. The molecule has 0 aliphatic heterocycles. The third-order valence-corrected chi connectivity index (χ3v) is 5.92. The average Bonchev–Trinajstić information content (AvgIpc) is 3.32. The van der Waals surface area contributed by atoms with Crippen molar-refractivity contribution in [1.29, 1.82) is 0 Å². The summed E-state index contributed by atoms with van der Waals surface area (Å²) in [4.78, 5) is 30.2. The molecule has 0 spiro atoms. The Balaban J connectivity index is 1.85. The lowest BCUT2D eigenvalue weighted by atomic mass is 9.90. The molecule has 1 amide bonds. The first-order chi connectivity index (χ1) is 16.6. The van der Waals surface area contributed by atoms with Gasteiger partial charge < -0.3 is 9.47 Å². The van der Waals surface area contributed by atoms with E-state index in [4.69, 9.17) is 14.3 Å². The van der Waals surface area contributed by atoms with Crippen LogP contribution < -0.4 is 10.8 Å². The molecule has 1 aliphatic carbocycles. The van der Waals surface area contributed by atoms with Crippen LogP contribution in [0.4, 0.5) is 0 Å². The molecule has 196 valence electrons. The van der Waals surface area contributed by atoms with E-state index in [0.29, 0.717) is 31.4 Å². The Kier molecular flexibility index (Phi) is 11.9. The number of benzene rings is 1. The first kappa shape index (κ1) is 29.0. The number of nitrogens with one attached hydrogen (secondary N) is 2. The van der Waals surface area contributed by atoms with Gasteiger partial charge in [-0.15, -0.1) is 0 Å². The summed E-state index contributed by atoms with van der Waals surface area (Å²) < 4.78 is 11.3. The number of esters is 1. The summed E-state index contributed by atoms with van der Waals surface area (Å²) in [6.07, 6.45) is 7.58. The summed E-state index contributed by atoms with van der Waals surface area (Å²) in [5, 5.41) is 3.45. The summed E-state index contributed by atoms with van der Waals surface area (Å²) in [6.45, 7) is 13.1. The van der Waals surface area contributed by atoms with Crippen LogP contribution in [0.25, 0.3) is 6.08 Å². The molecule has 1 fully saturated rings. The Labute approximate surface area is 210 Å². The molecule has 0 bridgehead atoms. The molecule has 1 unspecified atom stereocenters. The number of ether oxygens (including phenoxy) is 2. The van der Waals surface area contributed by atoms with Gasteiger partial charge in [-0.3, -0.25) is 14.9 Å². The average molecular weight is 489 g/mol. The number of rotatable bonds is 14. The van der Waals surface area contributed by atoms with Gasteiger partial charge in [-0.1, -0.05) is 52.0 Å². The highest BCUT2D eigenvalue weighted by atomic mass is 16.8. The molecule has 7 nitrogen and oxygen atoms in total. The molecular weight excluding hydrogens is 444 g/mol. The minimum Gasteiger partial charge on any atom is -0.461 e. The molecular formula is C28H44N2O5. The van der Waals surface area contributed by atoms with Crippen molar-refractivity contribution in [2.45, 2.75) is 98.1 Å². The molecule has 7 heteroatoms. The summed E-state index contributed by atoms with van der Waals surface area (Å²) in [5.74, 6) is 0.233. The number of carbonyl (C=O) groups excluding carboxylic acids is 2. The highest BCUT2D eigenvalue weighted by molar-refractivity contribution is 5.90. The maximum absolute atomic E-state index is 13.0. The lowest BCUT2D eigenvalue weighted by Crippen LogP contribution is -2.51. The molecule has 0 saturated heterocycles. The number of hydroxylamine groups is 1. The van der Waals surface area contributed by atoms with Crippen LogP contribution in [0.5, 0.6) is 0 Å². The van der Waals surface area contributed by atoms with Gasteiger partial charge in [0.05, 0.1) is 6.61 Å². The molecule has 1 aliphatic rings. The summed E-state index contributed by atoms with van der Waals surface area (Å²) in [7, 11) is 0. The number of hydrogen-bond donors (Lipinski definition) is 2. The third-order valence-electron chi connectivity index (χ3n) is 5.92. The zero-order chi connectivity index (χ0) is 25.8. The topological polar surface area (TPSA) is 85.9 Å². The van der Waals surface area contributed by atoms with Crippen LogP contribution in [0, 0.1) is 11.8 Å².